The fraction of sp³-hybridized carbons (Fsp3) is 0.915. The van der Waals surface area contributed by atoms with Crippen molar-refractivity contribution < 1.29 is 42.1 Å². The predicted octanol–water partition coefficient (Wildman–Crippen LogP) is 13.8. The van der Waals surface area contributed by atoms with Crippen LogP contribution < -0.4 is 0 Å². The highest BCUT2D eigenvalue weighted by Gasteiger charge is 2.27. The molecule has 0 aliphatic carbocycles. The van der Waals surface area contributed by atoms with E-state index in [4.69, 9.17) is 18.5 Å². The minimum absolute atomic E-state index is 0.0333. The number of esters is 2. The Morgan fingerprint density at radius 1 is 0.526 bits per heavy atom. The van der Waals surface area contributed by atoms with Crippen molar-refractivity contribution in [2.24, 2.45) is 0 Å². The number of nitrogens with zero attached hydrogens (tertiary/aromatic N) is 1. The van der Waals surface area contributed by atoms with Crippen molar-refractivity contribution in [3.63, 3.8) is 0 Å². The van der Waals surface area contributed by atoms with Crippen LogP contribution in [0.2, 0.25) is 0 Å². The maximum atomic E-state index is 12.7. The molecule has 0 aromatic rings. The Labute approximate surface area is 352 Å². The molecule has 2 atom stereocenters. The number of hydrogen-bond acceptors (Lipinski definition) is 7. The smallest absolute Gasteiger partial charge is 0.462 e. The molecule has 0 heterocycles. The van der Waals surface area contributed by atoms with E-state index >= 15 is 0 Å². The van der Waals surface area contributed by atoms with Gasteiger partial charge in [-0.1, -0.05) is 187 Å². The molecule has 338 valence electrons. The van der Waals surface area contributed by atoms with E-state index in [1.54, 1.807) is 0 Å². The summed E-state index contributed by atoms with van der Waals surface area (Å²) in [5.74, 6) is -0.796. The van der Waals surface area contributed by atoms with Gasteiger partial charge in [-0.3, -0.25) is 18.6 Å². The number of unbranched alkanes of at least 4 members (excludes halogenated alkanes) is 28. The van der Waals surface area contributed by atoms with Crippen LogP contribution in [0, 0.1) is 0 Å². The fourth-order valence-corrected chi connectivity index (χ4v) is 7.52. The highest BCUT2D eigenvalue weighted by Crippen LogP contribution is 2.43. The molecule has 57 heavy (non-hydrogen) atoms. The second-order valence-electron chi connectivity index (χ2n) is 17.5. The lowest BCUT2D eigenvalue weighted by molar-refractivity contribution is -0.870. The summed E-state index contributed by atoms with van der Waals surface area (Å²) >= 11 is 0. The van der Waals surface area contributed by atoms with E-state index in [9.17, 15) is 19.0 Å². The normalized spacial score (nSPS) is 13.6. The molecular weight excluding hydrogens is 737 g/mol. The van der Waals surface area contributed by atoms with Gasteiger partial charge in [0.1, 0.15) is 19.8 Å². The van der Waals surface area contributed by atoms with Crippen molar-refractivity contribution in [2.75, 3.05) is 47.5 Å². The summed E-state index contributed by atoms with van der Waals surface area (Å²) in [6.07, 6.45) is 42.5. The molecule has 0 aliphatic rings. The molecule has 0 fully saturated rings. The maximum Gasteiger partial charge on any atom is 0.472 e. The zero-order valence-electron chi connectivity index (χ0n) is 38.1. The number of phosphoric acid groups is 1. The van der Waals surface area contributed by atoms with Crippen LogP contribution >= 0.6 is 7.82 Å². The number of phosphoric ester groups is 1. The van der Waals surface area contributed by atoms with Gasteiger partial charge < -0.3 is 18.9 Å². The summed E-state index contributed by atoms with van der Waals surface area (Å²) in [7, 11) is 1.48. The third-order valence-electron chi connectivity index (χ3n) is 10.5. The van der Waals surface area contributed by atoms with Crippen molar-refractivity contribution >= 4 is 19.8 Å². The molecule has 0 radical (unpaired) electrons. The van der Waals surface area contributed by atoms with Gasteiger partial charge in [0.05, 0.1) is 27.7 Å². The number of likely N-dealkylation sites (N-methyl/N-ethyl adjacent to an activating group) is 1. The lowest BCUT2D eigenvalue weighted by atomic mass is 10.0. The Hall–Kier alpha value is -1.25. The first-order chi connectivity index (χ1) is 27.5. The van der Waals surface area contributed by atoms with Gasteiger partial charge in [-0.25, -0.2) is 4.57 Å². The van der Waals surface area contributed by atoms with Crippen LogP contribution in [-0.2, 0) is 32.7 Å². The molecule has 1 N–H and O–H groups in total. The highest BCUT2D eigenvalue weighted by molar-refractivity contribution is 7.47. The molecule has 0 aromatic carbocycles. The summed E-state index contributed by atoms with van der Waals surface area (Å²) in [4.78, 5) is 35.4. The average molecular weight is 831 g/mol. The number of quaternary nitrogens is 1. The molecule has 9 nitrogen and oxygen atoms in total. The molecule has 0 aliphatic heterocycles. The molecule has 0 saturated heterocycles. The lowest BCUT2D eigenvalue weighted by Crippen LogP contribution is -2.37. The Morgan fingerprint density at radius 3 is 1.30 bits per heavy atom. The second-order valence-corrected chi connectivity index (χ2v) is 19.0. The lowest BCUT2D eigenvalue weighted by Gasteiger charge is -2.24. The number of rotatable bonds is 44. The van der Waals surface area contributed by atoms with Gasteiger partial charge >= 0.3 is 19.8 Å². The van der Waals surface area contributed by atoms with Crippen LogP contribution in [0.3, 0.4) is 0 Å². The van der Waals surface area contributed by atoms with Gasteiger partial charge in [0.15, 0.2) is 6.10 Å². The monoisotopic (exact) mass is 831 g/mol. The summed E-state index contributed by atoms with van der Waals surface area (Å²) in [5.41, 5.74) is 0. The predicted molar refractivity (Wildman–Crippen MR) is 238 cm³/mol. The molecular formula is C47H93NO8P+. The van der Waals surface area contributed by atoms with E-state index in [0.29, 0.717) is 23.9 Å². The third kappa shape index (κ3) is 44.1. The van der Waals surface area contributed by atoms with E-state index in [1.165, 1.54) is 141 Å². The van der Waals surface area contributed by atoms with Crippen LogP contribution in [0.1, 0.15) is 226 Å². The molecule has 0 aromatic heterocycles. The van der Waals surface area contributed by atoms with Gasteiger partial charge in [-0.05, 0) is 38.5 Å². The number of carbonyl (C=O) groups is 2. The second kappa shape index (κ2) is 40.2. The molecule has 0 saturated carbocycles. The molecule has 10 heteroatoms. The van der Waals surface area contributed by atoms with Crippen molar-refractivity contribution in [1.82, 2.24) is 0 Å². The van der Waals surface area contributed by atoms with Gasteiger partial charge in [0.2, 0.25) is 0 Å². The topological polar surface area (TPSA) is 108 Å². The van der Waals surface area contributed by atoms with Crippen LogP contribution in [-0.4, -0.2) is 74.9 Å². The number of carbonyl (C=O) groups excluding carboxylic acids is 2. The average Bonchev–Trinajstić information content (AvgIpc) is 3.16. The van der Waals surface area contributed by atoms with Crippen LogP contribution in [0.4, 0.5) is 0 Å². The third-order valence-corrected chi connectivity index (χ3v) is 11.5. The Balaban J connectivity index is 4.27. The Bertz CT molecular complexity index is 985. The molecule has 0 amide bonds. The standard InChI is InChI=1S/C47H92NO8P/c1-6-8-10-12-14-16-18-20-22-23-24-26-27-29-31-33-35-37-39-46(49)53-43-45(44-55-57(51,52)54-42-41-48(3,4)5)56-47(50)40-38-36-34-32-30-28-25-21-19-17-15-13-11-9-7-2/h21,25,45H,6-20,22-24,26-44H2,1-5H3/p+1/b25-21-. The number of ether oxygens (including phenoxy) is 2. The summed E-state index contributed by atoms with van der Waals surface area (Å²) in [5, 5.41) is 0. The Kier molecular flexibility index (Phi) is 39.3. The zero-order valence-corrected chi connectivity index (χ0v) is 39.0. The molecule has 0 bridgehead atoms. The van der Waals surface area contributed by atoms with Crippen molar-refractivity contribution in [2.45, 2.75) is 232 Å². The van der Waals surface area contributed by atoms with Crippen molar-refractivity contribution in [3.8, 4) is 0 Å². The van der Waals surface area contributed by atoms with E-state index in [0.717, 1.165) is 51.4 Å². The van der Waals surface area contributed by atoms with E-state index in [2.05, 4.69) is 26.0 Å². The summed E-state index contributed by atoms with van der Waals surface area (Å²) < 4.78 is 34.4. The van der Waals surface area contributed by atoms with Gasteiger partial charge in [0.25, 0.3) is 0 Å². The fourth-order valence-electron chi connectivity index (χ4n) is 6.77. The van der Waals surface area contributed by atoms with Crippen molar-refractivity contribution in [3.05, 3.63) is 12.2 Å². The maximum absolute atomic E-state index is 12.7. The first kappa shape index (κ1) is 55.8. The number of hydrogen-bond donors (Lipinski definition) is 1. The minimum Gasteiger partial charge on any atom is -0.462 e. The summed E-state index contributed by atoms with van der Waals surface area (Å²) in [6, 6.07) is 0. The SMILES string of the molecule is CCCCCCCC/C=C\CCCCCCCC(=O)OC(COC(=O)CCCCCCCCCCCCCCCCCCCC)COP(=O)(O)OCC[N+](C)(C)C. The van der Waals surface area contributed by atoms with E-state index in [-0.39, 0.29) is 25.6 Å². The van der Waals surface area contributed by atoms with E-state index < -0.39 is 26.5 Å². The summed E-state index contributed by atoms with van der Waals surface area (Å²) in [6.45, 7) is 4.44. The molecule has 0 rings (SSSR count). The van der Waals surface area contributed by atoms with Gasteiger partial charge in [0, 0.05) is 12.8 Å². The molecule has 2 unspecified atom stereocenters. The van der Waals surface area contributed by atoms with Gasteiger partial charge in [-0.2, -0.15) is 0 Å². The van der Waals surface area contributed by atoms with Crippen LogP contribution in [0.25, 0.3) is 0 Å². The first-order valence-electron chi connectivity index (χ1n) is 23.9. The zero-order chi connectivity index (χ0) is 42.1. The largest absolute Gasteiger partial charge is 0.472 e. The van der Waals surface area contributed by atoms with Crippen LogP contribution in [0.15, 0.2) is 12.2 Å². The van der Waals surface area contributed by atoms with E-state index in [1.807, 2.05) is 21.1 Å². The Morgan fingerprint density at radius 2 is 0.895 bits per heavy atom. The highest BCUT2D eigenvalue weighted by atomic mass is 31.2. The number of allylic oxidation sites excluding steroid dienone is 2. The van der Waals surface area contributed by atoms with Crippen LogP contribution in [0.5, 0.6) is 0 Å². The van der Waals surface area contributed by atoms with Crippen molar-refractivity contribution in [1.29, 1.82) is 0 Å². The quantitative estimate of drug-likeness (QED) is 0.0213. The van der Waals surface area contributed by atoms with Gasteiger partial charge in [-0.15, -0.1) is 0 Å². The minimum atomic E-state index is -4.37. The first-order valence-corrected chi connectivity index (χ1v) is 25.4. The molecule has 0 spiro atoms.